The van der Waals surface area contributed by atoms with Crippen LogP contribution in [0.4, 0.5) is 0 Å². The third kappa shape index (κ3) is 9.15. The second-order valence-corrected chi connectivity index (χ2v) is 6.38. The molecule has 0 aromatic carbocycles. The molecule has 0 fully saturated rings. The van der Waals surface area contributed by atoms with Crippen LogP contribution in [-0.4, -0.2) is 61.6 Å². The van der Waals surface area contributed by atoms with Crippen molar-refractivity contribution in [1.29, 1.82) is 0 Å². The number of nitrogens with zero attached hydrogens (tertiary/aromatic N) is 1. The normalized spacial score (nSPS) is 14.3. The summed E-state index contributed by atoms with van der Waals surface area (Å²) in [5.41, 5.74) is 0.210. The van der Waals surface area contributed by atoms with Gasteiger partial charge in [-0.05, 0) is 19.8 Å². The number of hydrogen-bond donors (Lipinski definition) is 1. The number of quaternary nitrogens is 1. The molecule has 0 amide bonds. The first-order chi connectivity index (χ1) is 10.6. The van der Waals surface area contributed by atoms with Gasteiger partial charge in [-0.3, -0.25) is 4.48 Å². The van der Waals surface area contributed by atoms with Crippen LogP contribution in [-0.2, 0) is 19.1 Å². The second kappa shape index (κ2) is 10.2. The lowest BCUT2D eigenvalue weighted by Gasteiger charge is -2.34. The Morgan fingerprint density at radius 2 is 1.91 bits per heavy atom. The molecule has 0 spiro atoms. The zero-order valence-electron chi connectivity index (χ0n) is 14.9. The number of allylic oxidation sites excluding steroid dienone is 1. The zero-order valence-corrected chi connectivity index (χ0v) is 14.9. The SMILES string of the molecule is C=C(CC=CC(=O)OCCCC)C(=O)OC(C(C)O)[N+](C)(C)C. The van der Waals surface area contributed by atoms with Crippen molar-refractivity contribution in [3.05, 3.63) is 24.3 Å². The minimum atomic E-state index is -0.809. The Hall–Kier alpha value is -1.66. The Balaban J connectivity index is 4.40. The summed E-state index contributed by atoms with van der Waals surface area (Å²) >= 11 is 0. The van der Waals surface area contributed by atoms with Crippen LogP contribution in [0.5, 0.6) is 0 Å². The molecule has 0 rings (SSSR count). The van der Waals surface area contributed by atoms with E-state index in [0.717, 1.165) is 12.8 Å². The maximum atomic E-state index is 12.0. The van der Waals surface area contributed by atoms with Gasteiger partial charge in [-0.1, -0.05) is 26.0 Å². The molecule has 0 heterocycles. The number of aliphatic hydroxyl groups excluding tert-OH is 1. The van der Waals surface area contributed by atoms with Crippen molar-refractivity contribution in [1.82, 2.24) is 0 Å². The molecule has 0 aliphatic rings. The van der Waals surface area contributed by atoms with Crippen LogP contribution < -0.4 is 0 Å². The van der Waals surface area contributed by atoms with Gasteiger partial charge >= 0.3 is 11.9 Å². The van der Waals surface area contributed by atoms with Crippen molar-refractivity contribution in [2.75, 3.05) is 27.7 Å². The lowest BCUT2D eigenvalue weighted by Crippen LogP contribution is -2.53. The predicted octanol–water partition coefficient (Wildman–Crippen LogP) is 1.79. The number of ether oxygens (including phenoxy) is 2. The van der Waals surface area contributed by atoms with Gasteiger partial charge in [0.15, 0.2) is 0 Å². The zero-order chi connectivity index (χ0) is 18.0. The summed E-state index contributed by atoms with van der Waals surface area (Å²) in [6, 6.07) is 0. The molecule has 0 aromatic heterocycles. The van der Waals surface area contributed by atoms with Gasteiger partial charge in [0.05, 0.1) is 27.7 Å². The average Bonchev–Trinajstić information content (AvgIpc) is 2.42. The summed E-state index contributed by atoms with van der Waals surface area (Å²) < 4.78 is 10.5. The van der Waals surface area contributed by atoms with E-state index in [0.29, 0.717) is 6.61 Å². The highest BCUT2D eigenvalue weighted by molar-refractivity contribution is 5.88. The lowest BCUT2D eigenvalue weighted by atomic mass is 10.2. The first kappa shape index (κ1) is 21.3. The monoisotopic (exact) mass is 328 g/mol. The van der Waals surface area contributed by atoms with Crippen molar-refractivity contribution < 1.29 is 28.7 Å². The van der Waals surface area contributed by atoms with Gasteiger partial charge in [0.25, 0.3) is 6.23 Å². The van der Waals surface area contributed by atoms with Gasteiger partial charge < -0.3 is 14.6 Å². The highest BCUT2D eigenvalue weighted by Crippen LogP contribution is 2.13. The highest BCUT2D eigenvalue weighted by atomic mass is 16.6. The number of carbonyl (C=O) groups excluding carboxylic acids is 2. The van der Waals surface area contributed by atoms with Gasteiger partial charge in [0.2, 0.25) is 0 Å². The van der Waals surface area contributed by atoms with Gasteiger partial charge in [-0.25, -0.2) is 9.59 Å². The van der Waals surface area contributed by atoms with E-state index in [-0.39, 0.29) is 16.5 Å². The van der Waals surface area contributed by atoms with Crippen LogP contribution in [0, 0.1) is 0 Å². The fraction of sp³-hybridized carbons (Fsp3) is 0.647. The molecule has 0 saturated heterocycles. The quantitative estimate of drug-likeness (QED) is 0.218. The van der Waals surface area contributed by atoms with E-state index in [1.54, 1.807) is 6.92 Å². The van der Waals surface area contributed by atoms with E-state index in [1.165, 1.54) is 12.2 Å². The van der Waals surface area contributed by atoms with Gasteiger partial charge in [-0.2, -0.15) is 0 Å². The first-order valence-electron chi connectivity index (χ1n) is 7.80. The molecule has 0 saturated carbocycles. The standard InChI is InChI=1S/C17H30NO5/c1-7-8-12-22-15(20)11-9-10-13(2)17(21)23-16(14(3)19)18(4,5)6/h9,11,14,16,19H,2,7-8,10,12H2,1,3-6H3/q+1. The summed E-state index contributed by atoms with van der Waals surface area (Å²) in [6.07, 6.45) is 3.26. The number of likely N-dealkylation sites (N-methyl/N-ethyl adjacent to an activating group) is 1. The van der Waals surface area contributed by atoms with Gasteiger partial charge in [-0.15, -0.1) is 0 Å². The fourth-order valence-corrected chi connectivity index (χ4v) is 1.84. The molecule has 6 nitrogen and oxygen atoms in total. The Morgan fingerprint density at radius 3 is 2.39 bits per heavy atom. The second-order valence-electron chi connectivity index (χ2n) is 6.38. The summed E-state index contributed by atoms with van der Waals surface area (Å²) in [4.78, 5) is 23.4. The van der Waals surface area contributed by atoms with Gasteiger partial charge in [0, 0.05) is 11.6 Å². The molecule has 0 aromatic rings. The molecule has 0 radical (unpaired) electrons. The smallest absolute Gasteiger partial charge is 0.338 e. The minimum absolute atomic E-state index is 0.186. The Labute approximate surface area is 139 Å². The summed E-state index contributed by atoms with van der Waals surface area (Å²) in [5, 5.41) is 9.73. The van der Waals surface area contributed by atoms with Crippen molar-refractivity contribution in [3.63, 3.8) is 0 Å². The Bertz CT molecular complexity index is 435. The number of rotatable bonds is 10. The Kier molecular flexibility index (Phi) is 9.44. The molecular weight excluding hydrogens is 298 g/mol. The van der Waals surface area contributed by atoms with Crippen LogP contribution in [0.1, 0.15) is 33.1 Å². The fourth-order valence-electron chi connectivity index (χ4n) is 1.84. The molecule has 2 unspecified atom stereocenters. The van der Waals surface area contributed by atoms with E-state index in [1.807, 2.05) is 28.1 Å². The molecule has 0 aliphatic heterocycles. The van der Waals surface area contributed by atoms with Crippen LogP contribution in [0.2, 0.25) is 0 Å². The van der Waals surface area contributed by atoms with E-state index < -0.39 is 24.3 Å². The largest absolute Gasteiger partial charge is 0.463 e. The maximum Gasteiger partial charge on any atom is 0.338 e. The number of unbranched alkanes of at least 4 members (excludes halogenated alkanes) is 1. The number of hydrogen-bond acceptors (Lipinski definition) is 5. The van der Waals surface area contributed by atoms with E-state index >= 15 is 0 Å². The van der Waals surface area contributed by atoms with E-state index in [9.17, 15) is 14.7 Å². The number of carbonyl (C=O) groups is 2. The van der Waals surface area contributed by atoms with Crippen LogP contribution in [0.15, 0.2) is 24.3 Å². The maximum absolute atomic E-state index is 12.0. The van der Waals surface area contributed by atoms with Gasteiger partial charge in [0.1, 0.15) is 6.10 Å². The lowest BCUT2D eigenvalue weighted by molar-refractivity contribution is -0.920. The molecule has 1 N–H and O–H groups in total. The molecule has 132 valence electrons. The molecule has 0 bridgehead atoms. The predicted molar refractivity (Wildman–Crippen MR) is 88.4 cm³/mol. The topological polar surface area (TPSA) is 72.8 Å². The van der Waals surface area contributed by atoms with Crippen molar-refractivity contribution in [2.45, 2.75) is 45.4 Å². The van der Waals surface area contributed by atoms with Crippen LogP contribution in [0.3, 0.4) is 0 Å². The van der Waals surface area contributed by atoms with Crippen molar-refractivity contribution in [3.8, 4) is 0 Å². The molecule has 23 heavy (non-hydrogen) atoms. The van der Waals surface area contributed by atoms with Crippen molar-refractivity contribution >= 4 is 11.9 Å². The molecule has 2 atom stereocenters. The summed E-state index contributed by atoms with van der Waals surface area (Å²) in [7, 11) is 5.46. The summed E-state index contributed by atoms with van der Waals surface area (Å²) in [5.74, 6) is -1.03. The molecule has 6 heteroatoms. The summed E-state index contributed by atoms with van der Waals surface area (Å²) in [6.45, 7) is 7.62. The number of esters is 2. The minimum Gasteiger partial charge on any atom is -0.463 e. The average molecular weight is 328 g/mol. The third-order valence-electron chi connectivity index (χ3n) is 3.05. The van der Waals surface area contributed by atoms with Crippen molar-refractivity contribution in [2.24, 2.45) is 0 Å². The molecule has 0 aliphatic carbocycles. The number of aliphatic hydroxyl groups is 1. The van der Waals surface area contributed by atoms with E-state index in [2.05, 4.69) is 6.58 Å². The van der Waals surface area contributed by atoms with Crippen LogP contribution >= 0.6 is 0 Å². The first-order valence-corrected chi connectivity index (χ1v) is 7.80. The van der Waals surface area contributed by atoms with E-state index in [4.69, 9.17) is 9.47 Å². The Morgan fingerprint density at radius 1 is 1.30 bits per heavy atom. The molecular formula is C17H30NO5+. The highest BCUT2D eigenvalue weighted by Gasteiger charge is 2.32. The third-order valence-corrected chi connectivity index (χ3v) is 3.05. The van der Waals surface area contributed by atoms with Crippen LogP contribution in [0.25, 0.3) is 0 Å².